The number of aliphatic hydroxyl groups is 1. The maximum Gasteiger partial charge on any atom is 0.123 e. The molecule has 1 N–H and O–H groups in total. The van der Waals surface area contributed by atoms with Crippen LogP contribution >= 0.6 is 0 Å². The highest BCUT2D eigenvalue weighted by Crippen LogP contribution is 2.22. The Labute approximate surface area is 101 Å². The zero-order valence-electron chi connectivity index (χ0n) is 10.1. The Kier molecular flexibility index (Phi) is 3.97. The summed E-state index contributed by atoms with van der Waals surface area (Å²) in [5.41, 5.74) is 1.08. The minimum atomic E-state index is -0.193. The van der Waals surface area contributed by atoms with Gasteiger partial charge in [-0.1, -0.05) is 0 Å². The van der Waals surface area contributed by atoms with Crippen molar-refractivity contribution in [3.05, 3.63) is 30.1 Å². The van der Waals surface area contributed by atoms with Crippen molar-refractivity contribution in [3.8, 4) is 0 Å². The highest BCUT2D eigenvalue weighted by atomic mass is 19.1. The van der Waals surface area contributed by atoms with Crippen molar-refractivity contribution in [2.75, 3.05) is 38.2 Å². The number of nitrogens with zero attached hydrogens (tertiary/aromatic N) is 2. The third-order valence-corrected chi connectivity index (χ3v) is 3.43. The van der Waals surface area contributed by atoms with Gasteiger partial charge in [0.1, 0.15) is 5.82 Å². The molecule has 2 rings (SSSR count). The van der Waals surface area contributed by atoms with E-state index in [2.05, 4.69) is 9.80 Å². The molecule has 1 aromatic rings. The van der Waals surface area contributed by atoms with E-state index in [0.29, 0.717) is 12.6 Å². The molecular formula is C13H19FN2O. The quantitative estimate of drug-likeness (QED) is 0.857. The second-order valence-electron chi connectivity index (χ2n) is 4.57. The topological polar surface area (TPSA) is 26.7 Å². The molecule has 1 fully saturated rings. The molecule has 1 atom stereocenters. The van der Waals surface area contributed by atoms with Crippen LogP contribution in [0.5, 0.6) is 0 Å². The Bertz CT molecular complexity index is 355. The van der Waals surface area contributed by atoms with Crippen molar-refractivity contribution in [2.24, 2.45) is 0 Å². The fraction of sp³-hybridized carbons (Fsp3) is 0.538. The molecule has 1 saturated heterocycles. The standard InChI is InChI=1S/C13H19FN2O/c1-15(8-9-17)13-6-7-16(10-13)12-4-2-11(14)3-5-12/h2-5,13,17H,6-10H2,1H3. The molecular weight excluding hydrogens is 219 g/mol. The largest absolute Gasteiger partial charge is 0.395 e. The molecule has 0 saturated carbocycles. The maximum absolute atomic E-state index is 12.8. The van der Waals surface area contributed by atoms with Crippen molar-refractivity contribution in [2.45, 2.75) is 12.5 Å². The molecule has 0 spiro atoms. The van der Waals surface area contributed by atoms with Gasteiger partial charge >= 0.3 is 0 Å². The summed E-state index contributed by atoms with van der Waals surface area (Å²) in [6.45, 7) is 2.85. The molecule has 1 unspecified atom stereocenters. The summed E-state index contributed by atoms with van der Waals surface area (Å²) >= 11 is 0. The van der Waals surface area contributed by atoms with Gasteiger partial charge in [0.2, 0.25) is 0 Å². The lowest BCUT2D eigenvalue weighted by Crippen LogP contribution is -2.36. The summed E-state index contributed by atoms with van der Waals surface area (Å²) in [5, 5.41) is 8.91. The van der Waals surface area contributed by atoms with Gasteiger partial charge in [-0.3, -0.25) is 4.90 Å². The third kappa shape index (κ3) is 2.96. The van der Waals surface area contributed by atoms with Crippen LogP contribution in [0.3, 0.4) is 0 Å². The molecule has 1 aliphatic heterocycles. The van der Waals surface area contributed by atoms with E-state index in [1.807, 2.05) is 19.2 Å². The highest BCUT2D eigenvalue weighted by molar-refractivity contribution is 5.47. The van der Waals surface area contributed by atoms with Gasteiger partial charge in [0.25, 0.3) is 0 Å². The van der Waals surface area contributed by atoms with Crippen LogP contribution in [0.15, 0.2) is 24.3 Å². The van der Waals surface area contributed by atoms with E-state index in [9.17, 15) is 4.39 Å². The minimum absolute atomic E-state index is 0.193. The van der Waals surface area contributed by atoms with Crippen molar-refractivity contribution in [1.29, 1.82) is 0 Å². The Morgan fingerprint density at radius 1 is 1.41 bits per heavy atom. The Morgan fingerprint density at radius 2 is 2.12 bits per heavy atom. The number of aliphatic hydroxyl groups excluding tert-OH is 1. The highest BCUT2D eigenvalue weighted by Gasteiger charge is 2.25. The first-order valence-corrected chi connectivity index (χ1v) is 6.02. The molecule has 3 nitrogen and oxygen atoms in total. The van der Waals surface area contributed by atoms with Crippen LogP contribution in [0.2, 0.25) is 0 Å². The first-order valence-electron chi connectivity index (χ1n) is 6.02. The van der Waals surface area contributed by atoms with Gasteiger partial charge in [-0.25, -0.2) is 4.39 Å². The minimum Gasteiger partial charge on any atom is -0.395 e. The second kappa shape index (κ2) is 5.47. The van der Waals surface area contributed by atoms with Gasteiger partial charge in [-0.15, -0.1) is 0 Å². The maximum atomic E-state index is 12.8. The number of benzene rings is 1. The number of rotatable bonds is 4. The van der Waals surface area contributed by atoms with Gasteiger partial charge in [-0.2, -0.15) is 0 Å². The Morgan fingerprint density at radius 3 is 2.76 bits per heavy atom. The summed E-state index contributed by atoms with van der Waals surface area (Å²) < 4.78 is 12.8. The predicted octanol–water partition coefficient (Wildman–Crippen LogP) is 1.33. The zero-order chi connectivity index (χ0) is 12.3. The average molecular weight is 238 g/mol. The number of halogens is 1. The number of anilines is 1. The zero-order valence-corrected chi connectivity index (χ0v) is 10.1. The molecule has 0 amide bonds. The molecule has 4 heteroatoms. The summed E-state index contributed by atoms with van der Waals surface area (Å²) in [4.78, 5) is 4.45. The Balaban J connectivity index is 1.95. The van der Waals surface area contributed by atoms with Gasteiger partial charge < -0.3 is 10.0 Å². The van der Waals surface area contributed by atoms with Crippen LogP contribution in [0.25, 0.3) is 0 Å². The molecule has 1 aliphatic rings. The lowest BCUT2D eigenvalue weighted by Gasteiger charge is -2.24. The summed E-state index contributed by atoms with van der Waals surface area (Å²) in [6, 6.07) is 7.13. The van der Waals surface area contributed by atoms with Gasteiger partial charge in [-0.05, 0) is 37.7 Å². The van der Waals surface area contributed by atoms with Crippen LogP contribution in [-0.2, 0) is 0 Å². The SMILES string of the molecule is CN(CCO)C1CCN(c2ccc(F)cc2)C1. The lowest BCUT2D eigenvalue weighted by molar-refractivity contribution is 0.188. The van der Waals surface area contributed by atoms with E-state index < -0.39 is 0 Å². The molecule has 0 radical (unpaired) electrons. The van der Waals surface area contributed by atoms with Crippen molar-refractivity contribution >= 4 is 5.69 Å². The average Bonchev–Trinajstić information content (AvgIpc) is 2.80. The molecule has 17 heavy (non-hydrogen) atoms. The normalized spacial score (nSPS) is 20.2. The van der Waals surface area contributed by atoms with E-state index in [1.165, 1.54) is 12.1 Å². The third-order valence-electron chi connectivity index (χ3n) is 3.43. The van der Waals surface area contributed by atoms with Gasteiger partial charge in [0, 0.05) is 31.4 Å². The molecule has 0 aromatic heterocycles. The van der Waals surface area contributed by atoms with Crippen LogP contribution in [0.1, 0.15) is 6.42 Å². The first-order chi connectivity index (χ1) is 8.20. The fourth-order valence-electron chi connectivity index (χ4n) is 2.33. The summed E-state index contributed by atoms with van der Waals surface area (Å²) in [5.74, 6) is -0.193. The van der Waals surface area contributed by atoms with E-state index in [-0.39, 0.29) is 12.4 Å². The molecule has 94 valence electrons. The van der Waals surface area contributed by atoms with Crippen LogP contribution in [0.4, 0.5) is 10.1 Å². The van der Waals surface area contributed by atoms with Gasteiger partial charge in [0.15, 0.2) is 0 Å². The number of hydrogen-bond acceptors (Lipinski definition) is 3. The molecule has 1 aromatic carbocycles. The monoisotopic (exact) mass is 238 g/mol. The van der Waals surface area contributed by atoms with Crippen molar-refractivity contribution in [1.82, 2.24) is 4.90 Å². The number of hydrogen-bond donors (Lipinski definition) is 1. The van der Waals surface area contributed by atoms with E-state index in [4.69, 9.17) is 5.11 Å². The number of likely N-dealkylation sites (N-methyl/N-ethyl adjacent to an activating group) is 1. The van der Waals surface area contributed by atoms with Crippen LogP contribution in [-0.4, -0.2) is 49.3 Å². The van der Waals surface area contributed by atoms with E-state index >= 15 is 0 Å². The molecule has 1 heterocycles. The predicted molar refractivity (Wildman–Crippen MR) is 66.7 cm³/mol. The van der Waals surface area contributed by atoms with Crippen LogP contribution in [0, 0.1) is 5.82 Å². The fourth-order valence-corrected chi connectivity index (χ4v) is 2.33. The van der Waals surface area contributed by atoms with Crippen molar-refractivity contribution in [3.63, 3.8) is 0 Å². The first kappa shape index (κ1) is 12.3. The van der Waals surface area contributed by atoms with Crippen molar-refractivity contribution < 1.29 is 9.50 Å². The lowest BCUT2D eigenvalue weighted by atomic mass is 10.2. The van der Waals surface area contributed by atoms with E-state index in [1.54, 1.807) is 0 Å². The second-order valence-corrected chi connectivity index (χ2v) is 4.57. The Hall–Kier alpha value is -1.13. The smallest absolute Gasteiger partial charge is 0.123 e. The summed E-state index contributed by atoms with van der Waals surface area (Å²) in [6.07, 6.45) is 1.09. The molecule has 0 aliphatic carbocycles. The summed E-state index contributed by atoms with van der Waals surface area (Å²) in [7, 11) is 2.04. The molecule has 0 bridgehead atoms. The van der Waals surface area contributed by atoms with Gasteiger partial charge in [0.05, 0.1) is 6.61 Å². The van der Waals surface area contributed by atoms with E-state index in [0.717, 1.165) is 25.2 Å². The van der Waals surface area contributed by atoms with Crippen LogP contribution < -0.4 is 4.90 Å².